The number of hydrogen-bond donors (Lipinski definition) is 2. The van der Waals surface area contributed by atoms with Gasteiger partial charge in [-0.1, -0.05) is 29.8 Å². The van der Waals surface area contributed by atoms with Crippen LogP contribution in [0, 0.1) is 0 Å². The fourth-order valence-corrected chi connectivity index (χ4v) is 2.20. The van der Waals surface area contributed by atoms with Gasteiger partial charge in [0.2, 0.25) is 5.91 Å². The minimum atomic E-state index is -0.488. The Morgan fingerprint density at radius 1 is 1.13 bits per heavy atom. The molecule has 0 heterocycles. The fourth-order valence-electron chi connectivity index (χ4n) is 2.01. The molecule has 0 bridgehead atoms. The fraction of sp³-hybridized carbons (Fsp3) is 0.176. The highest BCUT2D eigenvalue weighted by Crippen LogP contribution is 2.17. The molecule has 2 N–H and O–H groups in total. The van der Waals surface area contributed by atoms with E-state index in [1.54, 1.807) is 36.4 Å². The average molecular weight is 333 g/mol. The topological polar surface area (TPSA) is 67.4 Å². The Kier molecular flexibility index (Phi) is 6.00. The lowest BCUT2D eigenvalue weighted by Crippen LogP contribution is -2.18. The maximum Gasteiger partial charge on any atom is 0.339 e. The van der Waals surface area contributed by atoms with Crippen LogP contribution in [0.2, 0.25) is 5.02 Å². The average Bonchev–Trinajstić information content (AvgIpc) is 2.55. The van der Waals surface area contributed by atoms with Gasteiger partial charge < -0.3 is 15.4 Å². The molecule has 0 radical (unpaired) electrons. The number of hydrogen-bond acceptors (Lipinski definition) is 4. The van der Waals surface area contributed by atoms with Gasteiger partial charge in [-0.3, -0.25) is 4.79 Å². The molecule has 23 heavy (non-hydrogen) atoms. The van der Waals surface area contributed by atoms with Gasteiger partial charge in [-0.05, 0) is 30.3 Å². The van der Waals surface area contributed by atoms with Gasteiger partial charge in [-0.15, -0.1) is 0 Å². The van der Waals surface area contributed by atoms with Crippen molar-refractivity contribution in [2.24, 2.45) is 0 Å². The summed E-state index contributed by atoms with van der Waals surface area (Å²) in [5.41, 5.74) is 1.61. The van der Waals surface area contributed by atoms with Gasteiger partial charge in [-0.2, -0.15) is 0 Å². The molecule has 0 aliphatic heterocycles. The lowest BCUT2D eigenvalue weighted by molar-refractivity contribution is -0.115. The van der Waals surface area contributed by atoms with Gasteiger partial charge in [0, 0.05) is 23.7 Å². The van der Waals surface area contributed by atoms with Crippen LogP contribution in [0.3, 0.4) is 0 Å². The molecule has 0 unspecified atom stereocenters. The first-order valence-electron chi connectivity index (χ1n) is 7.07. The van der Waals surface area contributed by atoms with E-state index in [2.05, 4.69) is 10.6 Å². The molecule has 2 aromatic rings. The first-order chi connectivity index (χ1) is 11.1. The molecule has 2 aromatic carbocycles. The quantitative estimate of drug-likeness (QED) is 0.794. The third kappa shape index (κ3) is 5.00. The number of esters is 1. The van der Waals surface area contributed by atoms with Crippen LogP contribution in [0.4, 0.5) is 11.4 Å². The van der Waals surface area contributed by atoms with Crippen molar-refractivity contribution in [3.63, 3.8) is 0 Å². The van der Waals surface area contributed by atoms with Gasteiger partial charge in [0.25, 0.3) is 0 Å². The Morgan fingerprint density at radius 2 is 1.91 bits per heavy atom. The number of rotatable bonds is 6. The largest absolute Gasteiger partial charge is 0.465 e. The van der Waals surface area contributed by atoms with E-state index in [1.807, 2.05) is 12.1 Å². The molecule has 6 heteroatoms. The molecule has 1 amide bonds. The molecular weight excluding hydrogens is 316 g/mol. The number of halogens is 1. The van der Waals surface area contributed by atoms with Crippen LogP contribution in [0.5, 0.6) is 0 Å². The van der Waals surface area contributed by atoms with E-state index >= 15 is 0 Å². The number of carbonyl (C=O) groups is 2. The molecule has 0 fully saturated rings. The van der Waals surface area contributed by atoms with Crippen LogP contribution in [-0.2, 0) is 9.53 Å². The molecule has 0 spiro atoms. The summed E-state index contributed by atoms with van der Waals surface area (Å²) in [7, 11) is 1.30. The third-order valence-electron chi connectivity index (χ3n) is 3.11. The monoisotopic (exact) mass is 332 g/mol. The number of nitrogens with one attached hydrogen (secondary N) is 2. The van der Waals surface area contributed by atoms with Crippen LogP contribution >= 0.6 is 11.6 Å². The summed E-state index contributed by atoms with van der Waals surface area (Å²) in [4.78, 5) is 23.7. The predicted octanol–water partition coefficient (Wildman–Crippen LogP) is 3.57. The lowest BCUT2D eigenvalue weighted by Gasteiger charge is -2.10. The molecule has 0 aliphatic rings. The zero-order chi connectivity index (χ0) is 16.7. The smallest absolute Gasteiger partial charge is 0.339 e. The van der Waals surface area contributed by atoms with Crippen molar-refractivity contribution in [1.82, 2.24) is 0 Å². The van der Waals surface area contributed by atoms with Crippen molar-refractivity contribution in [3.05, 3.63) is 59.1 Å². The standard InChI is InChI=1S/C17H17ClN2O3/c1-23-17(22)14-7-2-3-8-15(14)20-16(21)9-10-19-13-6-4-5-12(18)11-13/h2-8,11,19H,9-10H2,1H3,(H,20,21). The minimum Gasteiger partial charge on any atom is -0.465 e. The first-order valence-corrected chi connectivity index (χ1v) is 7.44. The summed E-state index contributed by atoms with van der Waals surface area (Å²) in [6.45, 7) is 0.451. The number of methoxy groups -OCH3 is 1. The highest BCUT2D eigenvalue weighted by atomic mass is 35.5. The van der Waals surface area contributed by atoms with Gasteiger partial charge in [0.05, 0.1) is 18.4 Å². The SMILES string of the molecule is COC(=O)c1ccccc1NC(=O)CCNc1cccc(Cl)c1. The highest BCUT2D eigenvalue weighted by Gasteiger charge is 2.12. The zero-order valence-electron chi connectivity index (χ0n) is 12.6. The van der Waals surface area contributed by atoms with Crippen LogP contribution in [0.25, 0.3) is 0 Å². The van der Waals surface area contributed by atoms with E-state index in [1.165, 1.54) is 7.11 Å². The van der Waals surface area contributed by atoms with E-state index in [4.69, 9.17) is 16.3 Å². The summed E-state index contributed by atoms with van der Waals surface area (Å²) in [6.07, 6.45) is 0.252. The van der Waals surface area contributed by atoms with E-state index in [-0.39, 0.29) is 12.3 Å². The minimum absolute atomic E-state index is 0.198. The number of carbonyl (C=O) groups excluding carboxylic acids is 2. The summed E-state index contributed by atoms with van der Waals surface area (Å²) < 4.78 is 4.69. The molecule has 0 aromatic heterocycles. The van der Waals surface area contributed by atoms with Gasteiger partial charge in [0.15, 0.2) is 0 Å². The maximum absolute atomic E-state index is 12.0. The van der Waals surface area contributed by atoms with Crippen molar-refractivity contribution in [2.75, 3.05) is 24.3 Å². The summed E-state index contributed by atoms with van der Waals surface area (Å²) in [5, 5.41) is 6.46. The van der Waals surface area contributed by atoms with E-state index in [0.29, 0.717) is 22.8 Å². The number of ether oxygens (including phenoxy) is 1. The maximum atomic E-state index is 12.0. The highest BCUT2D eigenvalue weighted by molar-refractivity contribution is 6.30. The predicted molar refractivity (Wildman–Crippen MR) is 91.0 cm³/mol. The molecular formula is C17H17ClN2O3. The summed E-state index contributed by atoms with van der Waals surface area (Å²) in [6, 6.07) is 14.0. The second kappa shape index (κ2) is 8.19. The van der Waals surface area contributed by atoms with Crippen LogP contribution in [0.1, 0.15) is 16.8 Å². The van der Waals surface area contributed by atoms with Crippen LogP contribution in [0.15, 0.2) is 48.5 Å². The van der Waals surface area contributed by atoms with Crippen molar-refractivity contribution in [2.45, 2.75) is 6.42 Å². The van der Waals surface area contributed by atoms with Crippen molar-refractivity contribution >= 4 is 34.9 Å². The second-order valence-electron chi connectivity index (χ2n) is 4.77. The number of anilines is 2. The Hall–Kier alpha value is -2.53. The van der Waals surface area contributed by atoms with Gasteiger partial charge in [0.1, 0.15) is 0 Å². The lowest BCUT2D eigenvalue weighted by atomic mass is 10.1. The Morgan fingerprint density at radius 3 is 2.65 bits per heavy atom. The van der Waals surface area contributed by atoms with E-state index < -0.39 is 5.97 Å². The zero-order valence-corrected chi connectivity index (χ0v) is 13.4. The molecule has 120 valence electrons. The third-order valence-corrected chi connectivity index (χ3v) is 3.35. The summed E-state index contributed by atoms with van der Waals surface area (Å²) in [5.74, 6) is -0.686. The van der Waals surface area contributed by atoms with Gasteiger partial charge >= 0.3 is 5.97 Å². The van der Waals surface area contributed by atoms with Gasteiger partial charge in [-0.25, -0.2) is 4.79 Å². The number of benzene rings is 2. The van der Waals surface area contributed by atoms with Crippen LogP contribution in [-0.4, -0.2) is 25.5 Å². The van der Waals surface area contributed by atoms with E-state index in [9.17, 15) is 9.59 Å². The molecule has 5 nitrogen and oxygen atoms in total. The summed E-state index contributed by atoms with van der Waals surface area (Å²) >= 11 is 5.89. The van der Waals surface area contributed by atoms with Crippen molar-refractivity contribution < 1.29 is 14.3 Å². The molecule has 0 aliphatic carbocycles. The molecule has 0 saturated heterocycles. The molecule has 0 atom stereocenters. The first kappa shape index (κ1) is 16.8. The van der Waals surface area contributed by atoms with Crippen molar-refractivity contribution in [1.29, 1.82) is 0 Å². The Balaban J connectivity index is 1.89. The Bertz CT molecular complexity index is 704. The van der Waals surface area contributed by atoms with Crippen molar-refractivity contribution in [3.8, 4) is 0 Å². The number of para-hydroxylation sites is 1. The molecule has 2 rings (SSSR count). The van der Waals surface area contributed by atoms with Crippen LogP contribution < -0.4 is 10.6 Å². The second-order valence-corrected chi connectivity index (χ2v) is 5.21. The number of amides is 1. The Labute approximate surface area is 139 Å². The molecule has 0 saturated carbocycles. The normalized spacial score (nSPS) is 10.0. The van der Waals surface area contributed by atoms with E-state index in [0.717, 1.165) is 5.69 Å².